The lowest BCUT2D eigenvalue weighted by Gasteiger charge is -2.03. The first-order chi connectivity index (χ1) is 8.06. The lowest BCUT2D eigenvalue weighted by atomic mass is 10.2. The quantitative estimate of drug-likeness (QED) is 0.852. The highest BCUT2D eigenvalue weighted by atomic mass is 16.5. The number of hydrogen-bond acceptors (Lipinski definition) is 4. The zero-order chi connectivity index (χ0) is 12.4. The Bertz CT molecular complexity index is 612. The summed E-state index contributed by atoms with van der Waals surface area (Å²) in [5.41, 5.74) is -0.0225. The minimum atomic E-state index is -1.24. The third-order valence-electron chi connectivity index (χ3n) is 2.22. The molecule has 0 radical (unpaired) electrons. The van der Waals surface area contributed by atoms with E-state index in [4.69, 9.17) is 9.63 Å². The summed E-state index contributed by atoms with van der Waals surface area (Å²) in [6.07, 6.45) is 2.79. The second kappa shape index (κ2) is 4.25. The third-order valence-corrected chi connectivity index (χ3v) is 2.22. The van der Waals surface area contributed by atoms with Crippen LogP contribution in [-0.2, 0) is 6.54 Å². The maximum Gasteiger partial charge on any atom is 0.341 e. The highest BCUT2D eigenvalue weighted by Gasteiger charge is 2.09. The van der Waals surface area contributed by atoms with Crippen LogP contribution in [0.1, 0.15) is 21.8 Å². The van der Waals surface area contributed by atoms with E-state index in [1.807, 2.05) is 0 Å². The van der Waals surface area contributed by atoms with Crippen LogP contribution in [0.5, 0.6) is 0 Å². The molecule has 0 fully saturated rings. The smallest absolute Gasteiger partial charge is 0.341 e. The highest BCUT2D eigenvalue weighted by Crippen LogP contribution is 2.05. The first kappa shape index (κ1) is 11.1. The van der Waals surface area contributed by atoms with Crippen LogP contribution in [0.25, 0.3) is 0 Å². The van der Waals surface area contributed by atoms with Crippen molar-refractivity contribution in [3.63, 3.8) is 0 Å². The number of aromatic carboxylic acids is 1. The van der Waals surface area contributed by atoms with Crippen molar-refractivity contribution in [2.45, 2.75) is 13.5 Å². The Labute approximate surface area is 96.1 Å². The SMILES string of the molecule is Cc1cc(Cn2ccc(=O)c(C(=O)O)c2)on1. The minimum Gasteiger partial charge on any atom is -0.477 e. The number of aryl methyl sites for hydroxylation is 1. The van der Waals surface area contributed by atoms with Crippen LogP contribution in [0, 0.1) is 6.92 Å². The summed E-state index contributed by atoms with van der Waals surface area (Å²) in [7, 11) is 0. The van der Waals surface area contributed by atoms with Gasteiger partial charge in [-0.1, -0.05) is 5.16 Å². The molecule has 0 atom stereocenters. The maximum absolute atomic E-state index is 11.2. The average Bonchev–Trinajstić information content (AvgIpc) is 2.66. The second-order valence-electron chi connectivity index (χ2n) is 3.63. The van der Waals surface area contributed by atoms with Crippen LogP contribution < -0.4 is 5.43 Å². The Balaban J connectivity index is 2.31. The normalized spacial score (nSPS) is 10.4. The Morgan fingerprint density at radius 1 is 1.59 bits per heavy atom. The molecule has 17 heavy (non-hydrogen) atoms. The molecule has 0 bridgehead atoms. The van der Waals surface area contributed by atoms with Crippen molar-refractivity contribution in [3.8, 4) is 0 Å². The molecule has 0 aliphatic carbocycles. The summed E-state index contributed by atoms with van der Waals surface area (Å²) in [6, 6.07) is 2.96. The summed E-state index contributed by atoms with van der Waals surface area (Å²) in [6.45, 7) is 2.13. The minimum absolute atomic E-state index is 0.260. The van der Waals surface area contributed by atoms with Crippen molar-refractivity contribution in [1.29, 1.82) is 0 Å². The van der Waals surface area contributed by atoms with E-state index >= 15 is 0 Å². The molecule has 2 heterocycles. The van der Waals surface area contributed by atoms with Gasteiger partial charge in [0.15, 0.2) is 11.2 Å². The largest absolute Gasteiger partial charge is 0.477 e. The van der Waals surface area contributed by atoms with Crippen LogP contribution in [0.2, 0.25) is 0 Å². The maximum atomic E-state index is 11.2. The van der Waals surface area contributed by atoms with Gasteiger partial charge in [0.1, 0.15) is 5.56 Å². The zero-order valence-electron chi connectivity index (χ0n) is 9.08. The predicted octanol–water partition coefficient (Wildman–Crippen LogP) is 0.891. The van der Waals surface area contributed by atoms with Crippen molar-refractivity contribution < 1.29 is 14.4 Å². The number of hydrogen-bond donors (Lipinski definition) is 1. The molecule has 0 saturated heterocycles. The molecule has 0 aliphatic rings. The fourth-order valence-corrected chi connectivity index (χ4v) is 1.46. The summed E-state index contributed by atoms with van der Waals surface area (Å²) in [4.78, 5) is 22.0. The first-order valence-electron chi connectivity index (χ1n) is 4.92. The van der Waals surface area contributed by atoms with Gasteiger partial charge in [-0.3, -0.25) is 4.79 Å². The number of pyridine rings is 1. The molecule has 1 N–H and O–H groups in total. The fraction of sp³-hybridized carbons (Fsp3) is 0.182. The molecular weight excluding hydrogens is 224 g/mol. The lowest BCUT2D eigenvalue weighted by Crippen LogP contribution is -2.16. The Kier molecular flexibility index (Phi) is 2.78. The standard InChI is InChI=1S/C11H10N2O4/c1-7-4-8(17-12-7)5-13-3-2-10(14)9(6-13)11(15)16/h2-4,6H,5H2,1H3,(H,15,16). The van der Waals surface area contributed by atoms with Gasteiger partial charge < -0.3 is 14.2 Å². The molecule has 2 aromatic rings. The van der Waals surface area contributed by atoms with Crippen molar-refractivity contribution in [2.75, 3.05) is 0 Å². The monoisotopic (exact) mass is 234 g/mol. The van der Waals surface area contributed by atoms with E-state index in [1.54, 1.807) is 17.6 Å². The average molecular weight is 234 g/mol. The van der Waals surface area contributed by atoms with E-state index in [0.717, 1.165) is 5.69 Å². The van der Waals surface area contributed by atoms with Crippen molar-refractivity contribution in [1.82, 2.24) is 9.72 Å². The molecule has 2 rings (SSSR count). The van der Waals surface area contributed by atoms with Crippen molar-refractivity contribution in [3.05, 3.63) is 51.8 Å². The van der Waals surface area contributed by atoms with E-state index < -0.39 is 11.4 Å². The van der Waals surface area contributed by atoms with E-state index in [2.05, 4.69) is 5.16 Å². The molecule has 0 aromatic carbocycles. The van der Waals surface area contributed by atoms with Crippen molar-refractivity contribution in [2.24, 2.45) is 0 Å². The van der Waals surface area contributed by atoms with E-state index in [-0.39, 0.29) is 5.56 Å². The zero-order valence-corrected chi connectivity index (χ0v) is 9.08. The van der Waals surface area contributed by atoms with Crippen molar-refractivity contribution >= 4 is 5.97 Å². The van der Waals surface area contributed by atoms with Gasteiger partial charge in [0.05, 0.1) is 12.2 Å². The van der Waals surface area contributed by atoms with Gasteiger partial charge in [-0.25, -0.2) is 4.79 Å². The van der Waals surface area contributed by atoms with Gasteiger partial charge in [-0.05, 0) is 6.92 Å². The third kappa shape index (κ3) is 2.41. The number of carboxylic acids is 1. The van der Waals surface area contributed by atoms with Crippen LogP contribution in [0.4, 0.5) is 0 Å². The summed E-state index contributed by atoms with van der Waals surface area (Å²) >= 11 is 0. The van der Waals surface area contributed by atoms with Gasteiger partial charge in [-0.2, -0.15) is 0 Å². The Morgan fingerprint density at radius 2 is 2.35 bits per heavy atom. The Hall–Kier alpha value is -2.37. The summed E-state index contributed by atoms with van der Waals surface area (Å²) < 4.78 is 6.56. The van der Waals surface area contributed by atoms with Gasteiger partial charge >= 0.3 is 5.97 Å². The van der Waals surface area contributed by atoms with Crippen LogP contribution in [-0.4, -0.2) is 20.8 Å². The number of aromatic nitrogens is 2. The molecular formula is C11H10N2O4. The first-order valence-corrected chi connectivity index (χ1v) is 4.92. The Morgan fingerprint density at radius 3 is 2.94 bits per heavy atom. The van der Waals surface area contributed by atoms with E-state index in [9.17, 15) is 9.59 Å². The van der Waals surface area contributed by atoms with Gasteiger partial charge in [-0.15, -0.1) is 0 Å². The molecule has 0 saturated carbocycles. The van der Waals surface area contributed by atoms with Gasteiger partial charge in [0.2, 0.25) is 0 Å². The molecule has 0 unspecified atom stereocenters. The number of rotatable bonds is 3. The molecule has 2 aromatic heterocycles. The van der Waals surface area contributed by atoms with Crippen LogP contribution in [0.15, 0.2) is 33.8 Å². The van der Waals surface area contributed by atoms with E-state index in [0.29, 0.717) is 12.3 Å². The molecule has 6 nitrogen and oxygen atoms in total. The fourth-order valence-electron chi connectivity index (χ4n) is 1.46. The summed E-state index contributed by atoms with van der Waals surface area (Å²) in [5.74, 6) is -0.638. The van der Waals surface area contributed by atoms with Crippen LogP contribution >= 0.6 is 0 Å². The summed E-state index contributed by atoms with van der Waals surface area (Å²) in [5, 5.41) is 12.5. The second-order valence-corrected chi connectivity index (χ2v) is 3.63. The molecule has 88 valence electrons. The topological polar surface area (TPSA) is 85.3 Å². The number of carboxylic acid groups (broad SMARTS) is 1. The molecule has 0 spiro atoms. The highest BCUT2D eigenvalue weighted by molar-refractivity contribution is 5.86. The molecule has 6 heteroatoms. The number of nitrogens with zero attached hydrogens (tertiary/aromatic N) is 2. The van der Waals surface area contributed by atoms with Gasteiger partial charge in [0.25, 0.3) is 0 Å². The predicted molar refractivity (Wildman–Crippen MR) is 58.0 cm³/mol. The molecule has 0 aliphatic heterocycles. The number of carbonyl (C=O) groups is 1. The van der Waals surface area contributed by atoms with E-state index in [1.165, 1.54) is 18.5 Å². The van der Waals surface area contributed by atoms with Crippen LogP contribution in [0.3, 0.4) is 0 Å². The molecule has 0 amide bonds. The van der Waals surface area contributed by atoms with Gasteiger partial charge in [0, 0.05) is 24.5 Å². The lowest BCUT2D eigenvalue weighted by molar-refractivity contribution is 0.0694.